The van der Waals surface area contributed by atoms with Crippen LogP contribution in [0.3, 0.4) is 0 Å². The third-order valence-corrected chi connectivity index (χ3v) is 2.87. The van der Waals surface area contributed by atoms with E-state index in [0.717, 1.165) is 24.6 Å². The summed E-state index contributed by atoms with van der Waals surface area (Å²) < 4.78 is 5.66. The van der Waals surface area contributed by atoms with Crippen LogP contribution in [0.4, 0.5) is 0 Å². The first-order valence-corrected chi connectivity index (χ1v) is 5.07. The van der Waals surface area contributed by atoms with Gasteiger partial charge in [0, 0.05) is 6.54 Å². The highest BCUT2D eigenvalue weighted by atomic mass is 32.1. The molecule has 1 aromatic heterocycles. The van der Waals surface area contributed by atoms with Gasteiger partial charge in [-0.15, -0.1) is 0 Å². The lowest BCUT2D eigenvalue weighted by Crippen LogP contribution is -2.18. The van der Waals surface area contributed by atoms with Crippen molar-refractivity contribution in [3.63, 3.8) is 0 Å². The van der Waals surface area contributed by atoms with Gasteiger partial charge in [-0.2, -0.15) is 5.26 Å². The van der Waals surface area contributed by atoms with Crippen LogP contribution in [0, 0.1) is 11.3 Å². The zero-order chi connectivity index (χ0) is 9.10. The predicted molar refractivity (Wildman–Crippen MR) is 50.9 cm³/mol. The molecule has 13 heavy (non-hydrogen) atoms. The lowest BCUT2D eigenvalue weighted by Gasteiger charge is -2.08. The van der Waals surface area contributed by atoms with E-state index < -0.39 is 0 Å². The van der Waals surface area contributed by atoms with E-state index in [9.17, 15) is 0 Å². The Labute approximate surface area is 80.9 Å². The summed E-state index contributed by atoms with van der Waals surface area (Å²) in [4.78, 5) is 0.709. The Kier molecular flexibility index (Phi) is 2.48. The van der Waals surface area contributed by atoms with Crippen LogP contribution >= 0.6 is 11.3 Å². The quantitative estimate of drug-likeness (QED) is 0.773. The largest absolute Gasteiger partial charge is 0.479 e. The number of nitrogens with one attached hydrogen (secondary N) is 1. The maximum Gasteiger partial charge on any atom is 0.175 e. The monoisotopic (exact) mass is 194 g/mol. The van der Waals surface area contributed by atoms with Gasteiger partial charge in [-0.05, 0) is 25.1 Å². The first-order valence-electron chi connectivity index (χ1n) is 4.26. The summed E-state index contributed by atoms with van der Waals surface area (Å²) in [7, 11) is 0. The number of rotatable bonds is 2. The average molecular weight is 194 g/mol. The molecule has 0 saturated carbocycles. The van der Waals surface area contributed by atoms with Crippen molar-refractivity contribution in [2.75, 3.05) is 13.1 Å². The average Bonchev–Trinajstić information content (AvgIpc) is 2.76. The summed E-state index contributed by atoms with van der Waals surface area (Å²) in [5, 5.41) is 12.7. The molecule has 4 heteroatoms. The summed E-state index contributed by atoms with van der Waals surface area (Å²) in [5.74, 6) is 0. The SMILES string of the molecule is N#Cc1ccc(OC2CCNC2)s1. The van der Waals surface area contributed by atoms with E-state index in [0.29, 0.717) is 4.88 Å². The molecule has 1 atom stereocenters. The van der Waals surface area contributed by atoms with Crippen molar-refractivity contribution in [3.8, 4) is 11.1 Å². The number of thiophene rings is 1. The van der Waals surface area contributed by atoms with E-state index in [1.165, 1.54) is 11.3 Å². The molecule has 1 fully saturated rings. The molecule has 1 saturated heterocycles. The van der Waals surface area contributed by atoms with Crippen LogP contribution in [0.25, 0.3) is 0 Å². The fourth-order valence-electron chi connectivity index (χ4n) is 1.34. The van der Waals surface area contributed by atoms with Gasteiger partial charge in [0.1, 0.15) is 17.1 Å². The van der Waals surface area contributed by atoms with Crippen molar-refractivity contribution in [3.05, 3.63) is 17.0 Å². The Morgan fingerprint density at radius 3 is 3.15 bits per heavy atom. The van der Waals surface area contributed by atoms with Gasteiger partial charge in [0.15, 0.2) is 5.06 Å². The van der Waals surface area contributed by atoms with Crippen molar-refractivity contribution < 1.29 is 4.74 Å². The second-order valence-corrected chi connectivity index (χ2v) is 4.01. The van der Waals surface area contributed by atoms with Gasteiger partial charge in [0.2, 0.25) is 0 Å². The van der Waals surface area contributed by atoms with Gasteiger partial charge in [0.25, 0.3) is 0 Å². The third kappa shape index (κ3) is 2.00. The summed E-state index contributed by atoms with van der Waals surface area (Å²) in [6.07, 6.45) is 1.34. The standard InChI is InChI=1S/C9H10N2OS/c10-5-8-1-2-9(13-8)12-7-3-4-11-6-7/h1-2,7,11H,3-4,6H2. The second-order valence-electron chi connectivity index (χ2n) is 2.96. The second kappa shape index (κ2) is 3.77. The highest BCUT2D eigenvalue weighted by Gasteiger charge is 2.16. The van der Waals surface area contributed by atoms with E-state index in [1.807, 2.05) is 6.07 Å². The van der Waals surface area contributed by atoms with Crippen LogP contribution < -0.4 is 10.1 Å². The molecule has 0 spiro atoms. The normalized spacial score (nSPS) is 21.3. The van der Waals surface area contributed by atoms with Crippen LogP contribution in [0.2, 0.25) is 0 Å². The topological polar surface area (TPSA) is 45.0 Å². The fourth-order valence-corrected chi connectivity index (χ4v) is 2.06. The van der Waals surface area contributed by atoms with Gasteiger partial charge in [-0.1, -0.05) is 11.3 Å². The summed E-state index contributed by atoms with van der Waals surface area (Å²) in [5.41, 5.74) is 0. The number of nitriles is 1. The molecule has 0 aromatic carbocycles. The number of hydrogen-bond donors (Lipinski definition) is 1. The van der Waals surface area contributed by atoms with Gasteiger partial charge in [-0.3, -0.25) is 0 Å². The molecule has 0 aliphatic carbocycles. The maximum absolute atomic E-state index is 8.60. The van der Waals surface area contributed by atoms with Crippen molar-refractivity contribution in [1.82, 2.24) is 5.32 Å². The van der Waals surface area contributed by atoms with Crippen LogP contribution in [0.5, 0.6) is 5.06 Å². The molecule has 2 rings (SSSR count). The summed E-state index contributed by atoms with van der Waals surface area (Å²) >= 11 is 1.41. The number of ether oxygens (including phenoxy) is 1. The van der Waals surface area contributed by atoms with Crippen LogP contribution in [0.1, 0.15) is 11.3 Å². The van der Waals surface area contributed by atoms with E-state index in [1.54, 1.807) is 6.07 Å². The van der Waals surface area contributed by atoms with Crippen molar-refractivity contribution >= 4 is 11.3 Å². The highest BCUT2D eigenvalue weighted by molar-refractivity contribution is 7.14. The Balaban J connectivity index is 1.97. The Bertz CT molecular complexity index is 323. The Morgan fingerprint density at radius 1 is 1.62 bits per heavy atom. The molecule has 1 N–H and O–H groups in total. The minimum atomic E-state index is 0.283. The first-order chi connectivity index (χ1) is 6.38. The summed E-state index contributed by atoms with van der Waals surface area (Å²) in [6.45, 7) is 1.95. The molecule has 1 unspecified atom stereocenters. The van der Waals surface area contributed by atoms with Gasteiger partial charge < -0.3 is 10.1 Å². The molecule has 0 bridgehead atoms. The van der Waals surface area contributed by atoms with E-state index >= 15 is 0 Å². The molecule has 2 heterocycles. The zero-order valence-corrected chi connectivity index (χ0v) is 7.93. The summed E-state index contributed by atoms with van der Waals surface area (Å²) in [6, 6.07) is 5.75. The molecule has 1 aliphatic heterocycles. The fraction of sp³-hybridized carbons (Fsp3) is 0.444. The van der Waals surface area contributed by atoms with E-state index in [-0.39, 0.29) is 6.10 Å². The predicted octanol–water partition coefficient (Wildman–Crippen LogP) is 1.36. The van der Waals surface area contributed by atoms with E-state index in [4.69, 9.17) is 10.00 Å². The number of hydrogen-bond acceptors (Lipinski definition) is 4. The molecule has 0 radical (unpaired) electrons. The van der Waals surface area contributed by atoms with Gasteiger partial charge in [-0.25, -0.2) is 0 Å². The van der Waals surface area contributed by atoms with Gasteiger partial charge >= 0.3 is 0 Å². The lowest BCUT2D eigenvalue weighted by molar-refractivity contribution is 0.230. The highest BCUT2D eigenvalue weighted by Crippen LogP contribution is 2.25. The zero-order valence-electron chi connectivity index (χ0n) is 7.12. The minimum Gasteiger partial charge on any atom is -0.479 e. The smallest absolute Gasteiger partial charge is 0.175 e. The molecule has 3 nitrogen and oxygen atoms in total. The van der Waals surface area contributed by atoms with Crippen molar-refractivity contribution in [2.24, 2.45) is 0 Å². The van der Waals surface area contributed by atoms with Crippen LogP contribution in [0.15, 0.2) is 12.1 Å². The van der Waals surface area contributed by atoms with Crippen molar-refractivity contribution in [1.29, 1.82) is 5.26 Å². The molecular weight excluding hydrogens is 184 g/mol. The molecule has 1 aromatic rings. The minimum absolute atomic E-state index is 0.283. The van der Waals surface area contributed by atoms with Crippen molar-refractivity contribution in [2.45, 2.75) is 12.5 Å². The molecule has 68 valence electrons. The first kappa shape index (κ1) is 8.54. The lowest BCUT2D eigenvalue weighted by atomic mass is 10.3. The Hall–Kier alpha value is -1.05. The van der Waals surface area contributed by atoms with Crippen LogP contribution in [-0.4, -0.2) is 19.2 Å². The maximum atomic E-state index is 8.60. The molecular formula is C9H10N2OS. The van der Waals surface area contributed by atoms with Crippen LogP contribution in [-0.2, 0) is 0 Å². The number of nitrogens with zero attached hydrogens (tertiary/aromatic N) is 1. The molecule has 1 aliphatic rings. The molecule has 0 amide bonds. The third-order valence-electron chi connectivity index (χ3n) is 1.99. The Morgan fingerprint density at radius 2 is 2.54 bits per heavy atom. The van der Waals surface area contributed by atoms with E-state index in [2.05, 4.69) is 11.4 Å². The van der Waals surface area contributed by atoms with Gasteiger partial charge in [0.05, 0.1) is 0 Å².